The van der Waals surface area contributed by atoms with Crippen molar-refractivity contribution in [1.29, 1.82) is 0 Å². The molecule has 0 bridgehead atoms. The van der Waals surface area contributed by atoms with Crippen molar-refractivity contribution < 1.29 is 9.59 Å². The molecule has 1 aliphatic heterocycles. The zero-order valence-corrected chi connectivity index (χ0v) is 13.6. The number of amides is 2. The highest BCUT2D eigenvalue weighted by Gasteiger charge is 2.17. The fourth-order valence-corrected chi connectivity index (χ4v) is 2.49. The summed E-state index contributed by atoms with van der Waals surface area (Å²) in [7, 11) is 0. The number of carbonyl (C=O) groups excluding carboxylic acids is 2. The Kier molecular flexibility index (Phi) is 4.90. The molecule has 0 aromatic carbocycles. The molecule has 1 aliphatic rings. The fraction of sp³-hybridized carbons (Fsp3) is 0.250. The first-order valence-electron chi connectivity index (χ1n) is 7.48. The summed E-state index contributed by atoms with van der Waals surface area (Å²) in [4.78, 5) is 33.6. The van der Waals surface area contributed by atoms with Gasteiger partial charge in [-0.25, -0.2) is 9.97 Å². The maximum absolute atomic E-state index is 12.0. The second-order valence-corrected chi connectivity index (χ2v) is 5.78. The van der Waals surface area contributed by atoms with E-state index in [2.05, 4.69) is 20.6 Å². The van der Waals surface area contributed by atoms with Gasteiger partial charge in [0.2, 0.25) is 11.8 Å². The van der Waals surface area contributed by atoms with Gasteiger partial charge in [-0.2, -0.15) is 0 Å². The average molecular weight is 346 g/mol. The molecule has 3 rings (SSSR count). The number of rotatable bonds is 4. The topological polar surface area (TPSA) is 87.2 Å². The summed E-state index contributed by atoms with van der Waals surface area (Å²) in [6.07, 6.45) is 3.36. The van der Waals surface area contributed by atoms with Gasteiger partial charge in [-0.3, -0.25) is 9.59 Å². The second kappa shape index (κ2) is 7.27. The molecule has 0 spiro atoms. The van der Waals surface area contributed by atoms with Crippen LogP contribution in [0.15, 0.2) is 36.7 Å². The number of hydrogen-bond acceptors (Lipinski definition) is 5. The second-order valence-electron chi connectivity index (χ2n) is 5.39. The summed E-state index contributed by atoms with van der Waals surface area (Å²) in [6.45, 7) is 1.62. The maximum Gasteiger partial charge on any atom is 0.239 e. The highest BCUT2D eigenvalue weighted by Crippen LogP contribution is 2.15. The molecule has 124 valence electrons. The lowest BCUT2D eigenvalue weighted by molar-refractivity contribution is -0.120. The molecule has 2 N–H and O–H groups in total. The molecule has 7 nitrogen and oxygen atoms in total. The van der Waals surface area contributed by atoms with Gasteiger partial charge in [-0.1, -0.05) is 17.7 Å². The van der Waals surface area contributed by atoms with E-state index in [-0.39, 0.29) is 18.2 Å². The first-order valence-corrected chi connectivity index (χ1v) is 7.86. The van der Waals surface area contributed by atoms with Crippen LogP contribution in [0.5, 0.6) is 0 Å². The minimum Gasteiger partial charge on any atom is -0.353 e. The standard InChI is InChI=1S/C16H16ClN5O2/c17-13-3-1-11(8-19-13)7-15(23)21-12-2-4-14(20-9-12)22-6-5-18-16(24)10-22/h1-4,8-9H,5-7,10H2,(H,18,24)(H,21,23). The van der Waals surface area contributed by atoms with Crippen molar-refractivity contribution in [2.75, 3.05) is 29.9 Å². The lowest BCUT2D eigenvalue weighted by Crippen LogP contribution is -2.48. The number of nitrogens with zero attached hydrogens (tertiary/aromatic N) is 3. The van der Waals surface area contributed by atoms with Gasteiger partial charge < -0.3 is 15.5 Å². The van der Waals surface area contributed by atoms with Gasteiger partial charge in [-0.05, 0) is 23.8 Å². The van der Waals surface area contributed by atoms with E-state index < -0.39 is 0 Å². The highest BCUT2D eigenvalue weighted by molar-refractivity contribution is 6.29. The average Bonchev–Trinajstić information content (AvgIpc) is 2.58. The van der Waals surface area contributed by atoms with E-state index in [1.807, 2.05) is 4.90 Å². The molecule has 0 atom stereocenters. The molecule has 24 heavy (non-hydrogen) atoms. The monoisotopic (exact) mass is 345 g/mol. The van der Waals surface area contributed by atoms with Crippen molar-refractivity contribution in [3.05, 3.63) is 47.4 Å². The van der Waals surface area contributed by atoms with Gasteiger partial charge in [0.25, 0.3) is 0 Å². The predicted molar refractivity (Wildman–Crippen MR) is 91.0 cm³/mol. The number of pyridine rings is 2. The summed E-state index contributed by atoms with van der Waals surface area (Å²) in [5, 5.41) is 5.94. The number of halogens is 1. The van der Waals surface area contributed by atoms with Gasteiger partial charge in [0.05, 0.1) is 24.8 Å². The maximum atomic E-state index is 12.0. The molecule has 0 saturated carbocycles. The number of hydrogen-bond donors (Lipinski definition) is 2. The summed E-state index contributed by atoms with van der Waals surface area (Å²) in [6, 6.07) is 6.97. The smallest absolute Gasteiger partial charge is 0.239 e. The molecule has 2 amide bonds. The van der Waals surface area contributed by atoms with Crippen molar-refractivity contribution in [2.45, 2.75) is 6.42 Å². The lowest BCUT2D eigenvalue weighted by atomic mass is 10.2. The Morgan fingerprint density at radius 3 is 2.79 bits per heavy atom. The minimum atomic E-state index is -0.161. The van der Waals surface area contributed by atoms with Crippen LogP contribution in [0.2, 0.25) is 5.15 Å². The number of carbonyl (C=O) groups is 2. The van der Waals surface area contributed by atoms with Crippen LogP contribution in [-0.4, -0.2) is 41.4 Å². The van der Waals surface area contributed by atoms with E-state index in [1.54, 1.807) is 36.7 Å². The third kappa shape index (κ3) is 4.20. The van der Waals surface area contributed by atoms with Gasteiger partial charge in [0.15, 0.2) is 0 Å². The molecule has 2 aromatic heterocycles. The van der Waals surface area contributed by atoms with E-state index in [9.17, 15) is 9.59 Å². The first kappa shape index (κ1) is 16.2. The lowest BCUT2D eigenvalue weighted by Gasteiger charge is -2.27. The van der Waals surface area contributed by atoms with Crippen molar-refractivity contribution in [3.8, 4) is 0 Å². The third-order valence-electron chi connectivity index (χ3n) is 3.55. The fourth-order valence-electron chi connectivity index (χ4n) is 2.38. The largest absolute Gasteiger partial charge is 0.353 e. The van der Waals surface area contributed by atoms with Gasteiger partial charge in [0.1, 0.15) is 11.0 Å². The van der Waals surface area contributed by atoms with Crippen LogP contribution >= 0.6 is 11.6 Å². The molecule has 1 saturated heterocycles. The van der Waals surface area contributed by atoms with Crippen LogP contribution in [0.4, 0.5) is 11.5 Å². The van der Waals surface area contributed by atoms with Crippen molar-refractivity contribution in [1.82, 2.24) is 15.3 Å². The molecule has 0 radical (unpaired) electrons. The summed E-state index contributed by atoms with van der Waals surface area (Å²) < 4.78 is 0. The summed E-state index contributed by atoms with van der Waals surface area (Å²) >= 11 is 5.72. The van der Waals surface area contributed by atoms with Gasteiger partial charge in [-0.15, -0.1) is 0 Å². The van der Waals surface area contributed by atoms with Crippen LogP contribution in [0.25, 0.3) is 0 Å². The summed E-state index contributed by atoms with van der Waals surface area (Å²) in [5.74, 6) is 0.535. The third-order valence-corrected chi connectivity index (χ3v) is 3.77. The Balaban J connectivity index is 1.58. The van der Waals surface area contributed by atoms with E-state index in [4.69, 9.17) is 11.6 Å². The number of anilines is 2. The quantitative estimate of drug-likeness (QED) is 0.814. The molecule has 8 heteroatoms. The van der Waals surface area contributed by atoms with E-state index in [1.165, 1.54) is 0 Å². The van der Waals surface area contributed by atoms with Crippen LogP contribution in [0.3, 0.4) is 0 Å². The molecular formula is C16H16ClN5O2. The Morgan fingerprint density at radius 1 is 1.25 bits per heavy atom. The zero-order valence-electron chi connectivity index (χ0n) is 12.8. The molecule has 2 aromatic rings. The predicted octanol–water partition coefficient (Wildman–Crippen LogP) is 1.25. The first-order chi connectivity index (χ1) is 11.6. The highest BCUT2D eigenvalue weighted by atomic mass is 35.5. The zero-order chi connectivity index (χ0) is 16.9. The van der Waals surface area contributed by atoms with Crippen LogP contribution in [0.1, 0.15) is 5.56 Å². The Morgan fingerprint density at radius 2 is 2.12 bits per heavy atom. The van der Waals surface area contributed by atoms with Crippen molar-refractivity contribution in [3.63, 3.8) is 0 Å². The molecule has 0 aliphatic carbocycles. The van der Waals surface area contributed by atoms with E-state index in [0.717, 1.165) is 5.56 Å². The van der Waals surface area contributed by atoms with Crippen molar-refractivity contribution >= 4 is 34.9 Å². The number of nitrogens with one attached hydrogen (secondary N) is 2. The SMILES string of the molecule is O=C1CN(c2ccc(NC(=O)Cc3ccc(Cl)nc3)cn2)CCN1. The number of piperazine rings is 1. The van der Waals surface area contributed by atoms with Crippen LogP contribution in [0, 0.1) is 0 Å². The Labute approximate surface area is 144 Å². The number of aromatic nitrogens is 2. The normalized spacial score (nSPS) is 14.2. The van der Waals surface area contributed by atoms with Crippen molar-refractivity contribution in [2.24, 2.45) is 0 Å². The molecular weight excluding hydrogens is 330 g/mol. The van der Waals surface area contributed by atoms with Gasteiger partial charge in [0, 0.05) is 19.3 Å². The molecule has 0 unspecified atom stereocenters. The summed E-state index contributed by atoms with van der Waals surface area (Å²) in [5.41, 5.74) is 1.38. The molecule has 1 fully saturated rings. The molecule has 3 heterocycles. The van der Waals surface area contributed by atoms with Gasteiger partial charge >= 0.3 is 0 Å². The Bertz CT molecular complexity index is 733. The Hall–Kier alpha value is -2.67. The van der Waals surface area contributed by atoms with E-state index in [0.29, 0.717) is 36.3 Å². The van der Waals surface area contributed by atoms with E-state index >= 15 is 0 Å². The van der Waals surface area contributed by atoms with Crippen LogP contribution in [-0.2, 0) is 16.0 Å². The minimum absolute atomic E-state index is 0.0167. The van der Waals surface area contributed by atoms with Crippen LogP contribution < -0.4 is 15.5 Å².